The highest BCUT2D eigenvalue weighted by Gasteiger charge is 2.31. The maximum Gasteiger partial charge on any atom is 0.416 e. The van der Waals surface area contributed by atoms with Gasteiger partial charge >= 0.3 is 6.18 Å². The van der Waals surface area contributed by atoms with Crippen LogP contribution in [0.1, 0.15) is 17.5 Å². The topological polar surface area (TPSA) is 70.7 Å². The molecule has 4 rings (SSSR count). The Hall–Kier alpha value is -3.68. The number of hydrogen-bond acceptors (Lipinski definition) is 3. The zero-order valence-corrected chi connectivity index (χ0v) is 15.7. The van der Waals surface area contributed by atoms with E-state index in [9.17, 15) is 18.0 Å². The smallest absolute Gasteiger partial charge is 0.360 e. The third kappa shape index (κ3) is 4.32. The fraction of sp³-hybridized carbons (Fsp3) is 0.136. The second-order valence-electron chi connectivity index (χ2n) is 6.79. The standard InChI is InChI=1S/C22H17F3N4O/c23-22(24,25)16-5-3-14(18(10-16)15-2-1-8-26-12-15)4-6-21(30)29-17-11-20-19(28-13-17)7-9-27-20/h1-3,5,7-13,27H,4,6H2,(H,29,30). The second-order valence-corrected chi connectivity index (χ2v) is 6.79. The van der Waals surface area contributed by atoms with Crippen LogP contribution in [0.5, 0.6) is 0 Å². The van der Waals surface area contributed by atoms with Gasteiger partial charge in [0.2, 0.25) is 5.91 Å². The summed E-state index contributed by atoms with van der Waals surface area (Å²) < 4.78 is 39.5. The summed E-state index contributed by atoms with van der Waals surface area (Å²) in [5.74, 6) is -0.250. The predicted octanol–water partition coefficient (Wildman–Crippen LogP) is 5.22. The van der Waals surface area contributed by atoms with Gasteiger partial charge in [0.25, 0.3) is 0 Å². The highest BCUT2D eigenvalue weighted by atomic mass is 19.4. The molecule has 0 unspecified atom stereocenters. The number of amides is 1. The van der Waals surface area contributed by atoms with Crippen molar-refractivity contribution in [1.29, 1.82) is 0 Å². The van der Waals surface area contributed by atoms with E-state index in [1.807, 2.05) is 6.07 Å². The Morgan fingerprint density at radius 3 is 2.73 bits per heavy atom. The summed E-state index contributed by atoms with van der Waals surface area (Å²) in [6.45, 7) is 0. The summed E-state index contributed by atoms with van der Waals surface area (Å²) in [4.78, 5) is 23.6. The van der Waals surface area contributed by atoms with Gasteiger partial charge in [-0.15, -0.1) is 0 Å². The number of H-pyrrole nitrogens is 1. The fourth-order valence-corrected chi connectivity index (χ4v) is 3.24. The lowest BCUT2D eigenvalue weighted by atomic mass is 9.95. The lowest BCUT2D eigenvalue weighted by molar-refractivity contribution is -0.137. The van der Waals surface area contributed by atoms with Crippen LogP contribution in [0.4, 0.5) is 18.9 Å². The van der Waals surface area contributed by atoms with Crippen LogP contribution < -0.4 is 5.32 Å². The number of nitrogens with one attached hydrogen (secondary N) is 2. The minimum Gasteiger partial charge on any atom is -0.360 e. The van der Waals surface area contributed by atoms with Crippen molar-refractivity contribution in [2.45, 2.75) is 19.0 Å². The van der Waals surface area contributed by atoms with Crippen molar-refractivity contribution in [3.8, 4) is 11.1 Å². The third-order valence-corrected chi connectivity index (χ3v) is 4.71. The number of carbonyl (C=O) groups excluding carboxylic acids is 1. The van der Waals surface area contributed by atoms with E-state index in [1.54, 1.807) is 36.8 Å². The lowest BCUT2D eigenvalue weighted by Crippen LogP contribution is -2.13. The van der Waals surface area contributed by atoms with Crippen molar-refractivity contribution in [1.82, 2.24) is 15.0 Å². The molecule has 5 nitrogen and oxygen atoms in total. The number of rotatable bonds is 5. The summed E-state index contributed by atoms with van der Waals surface area (Å²) in [6, 6.07) is 10.5. The van der Waals surface area contributed by atoms with Crippen LogP contribution in [0, 0.1) is 0 Å². The number of hydrogen-bond donors (Lipinski definition) is 2. The molecule has 1 amide bonds. The molecule has 0 aliphatic heterocycles. The van der Waals surface area contributed by atoms with Gasteiger partial charge < -0.3 is 10.3 Å². The minimum absolute atomic E-state index is 0.112. The first-order chi connectivity index (χ1) is 14.4. The van der Waals surface area contributed by atoms with Crippen molar-refractivity contribution in [3.05, 3.63) is 78.4 Å². The molecule has 0 aliphatic rings. The molecule has 0 radical (unpaired) electrons. The Labute approximate surface area is 170 Å². The van der Waals surface area contributed by atoms with E-state index in [0.717, 1.165) is 23.2 Å². The van der Waals surface area contributed by atoms with E-state index in [1.165, 1.54) is 12.3 Å². The number of aromatic nitrogens is 3. The number of fused-ring (bicyclic) bond motifs is 1. The number of pyridine rings is 2. The highest BCUT2D eigenvalue weighted by molar-refractivity contribution is 5.92. The Morgan fingerprint density at radius 2 is 1.97 bits per heavy atom. The molecule has 0 aliphatic carbocycles. The Kier molecular flexibility index (Phi) is 5.22. The predicted molar refractivity (Wildman–Crippen MR) is 108 cm³/mol. The molecule has 4 aromatic rings. The summed E-state index contributed by atoms with van der Waals surface area (Å²) in [5, 5.41) is 2.78. The number of aromatic amines is 1. The molecule has 0 fully saturated rings. The van der Waals surface area contributed by atoms with Crippen molar-refractivity contribution >= 4 is 22.6 Å². The molecule has 0 saturated carbocycles. The van der Waals surface area contributed by atoms with Crippen LogP contribution in [0.25, 0.3) is 22.2 Å². The van der Waals surface area contributed by atoms with Gasteiger partial charge in [-0.25, -0.2) is 0 Å². The largest absolute Gasteiger partial charge is 0.416 e. The van der Waals surface area contributed by atoms with Gasteiger partial charge in [0.05, 0.1) is 28.5 Å². The average molecular weight is 410 g/mol. The van der Waals surface area contributed by atoms with E-state index < -0.39 is 11.7 Å². The molecule has 30 heavy (non-hydrogen) atoms. The van der Waals surface area contributed by atoms with Gasteiger partial charge in [0.1, 0.15) is 0 Å². The molecule has 0 spiro atoms. The molecule has 2 N–H and O–H groups in total. The van der Waals surface area contributed by atoms with E-state index in [4.69, 9.17) is 0 Å². The molecule has 152 valence electrons. The summed E-state index contributed by atoms with van der Waals surface area (Å²) in [6.07, 6.45) is 2.33. The number of anilines is 1. The maximum absolute atomic E-state index is 13.2. The van der Waals surface area contributed by atoms with Crippen LogP contribution in [0.3, 0.4) is 0 Å². The van der Waals surface area contributed by atoms with Crippen molar-refractivity contribution < 1.29 is 18.0 Å². The molecular weight excluding hydrogens is 393 g/mol. The van der Waals surface area contributed by atoms with E-state index in [0.29, 0.717) is 22.4 Å². The van der Waals surface area contributed by atoms with E-state index in [-0.39, 0.29) is 18.7 Å². The molecule has 3 heterocycles. The van der Waals surface area contributed by atoms with Crippen molar-refractivity contribution in [2.75, 3.05) is 5.32 Å². The number of carbonyl (C=O) groups is 1. The normalized spacial score (nSPS) is 11.6. The first-order valence-corrected chi connectivity index (χ1v) is 9.24. The van der Waals surface area contributed by atoms with Crippen LogP contribution in [0.15, 0.2) is 67.3 Å². The summed E-state index contributed by atoms with van der Waals surface area (Å²) in [7, 11) is 0. The zero-order chi connectivity index (χ0) is 21.1. The lowest BCUT2D eigenvalue weighted by Gasteiger charge is -2.14. The summed E-state index contributed by atoms with van der Waals surface area (Å²) >= 11 is 0. The number of halogens is 3. The monoisotopic (exact) mass is 410 g/mol. The number of nitrogens with zero attached hydrogens (tertiary/aromatic N) is 2. The van der Waals surface area contributed by atoms with Crippen molar-refractivity contribution in [2.24, 2.45) is 0 Å². The zero-order valence-electron chi connectivity index (χ0n) is 15.7. The first kappa shape index (κ1) is 19.6. The molecule has 1 aromatic carbocycles. The first-order valence-electron chi connectivity index (χ1n) is 9.24. The van der Waals surface area contributed by atoms with Crippen LogP contribution in [-0.4, -0.2) is 20.9 Å². The minimum atomic E-state index is -4.45. The Bertz CT molecular complexity index is 1190. The van der Waals surface area contributed by atoms with Gasteiger partial charge in [-0.1, -0.05) is 12.1 Å². The van der Waals surface area contributed by atoms with E-state index >= 15 is 0 Å². The SMILES string of the molecule is O=C(CCc1ccc(C(F)(F)F)cc1-c1cccnc1)Nc1cnc2cc[nH]c2c1. The van der Waals surface area contributed by atoms with Gasteiger partial charge in [-0.2, -0.15) is 13.2 Å². The molecule has 0 atom stereocenters. The molecule has 3 aromatic heterocycles. The molecule has 0 saturated heterocycles. The molecular formula is C22H17F3N4O. The Morgan fingerprint density at radius 1 is 1.10 bits per heavy atom. The highest BCUT2D eigenvalue weighted by Crippen LogP contribution is 2.34. The third-order valence-electron chi connectivity index (χ3n) is 4.71. The van der Waals surface area contributed by atoms with Crippen LogP contribution in [0.2, 0.25) is 0 Å². The molecule has 0 bridgehead atoms. The average Bonchev–Trinajstić information content (AvgIpc) is 3.20. The van der Waals surface area contributed by atoms with Crippen LogP contribution in [-0.2, 0) is 17.4 Å². The van der Waals surface area contributed by atoms with E-state index in [2.05, 4.69) is 20.3 Å². The maximum atomic E-state index is 13.2. The Balaban J connectivity index is 1.52. The van der Waals surface area contributed by atoms with Gasteiger partial charge in [0, 0.05) is 30.6 Å². The van der Waals surface area contributed by atoms with Gasteiger partial charge in [-0.05, 0) is 47.9 Å². The quantitative estimate of drug-likeness (QED) is 0.474. The van der Waals surface area contributed by atoms with Crippen molar-refractivity contribution in [3.63, 3.8) is 0 Å². The number of alkyl halides is 3. The number of aryl methyl sites for hydroxylation is 1. The van der Waals surface area contributed by atoms with Gasteiger partial charge in [0.15, 0.2) is 0 Å². The summed E-state index contributed by atoms with van der Waals surface area (Å²) in [5.41, 5.74) is 3.03. The molecule has 8 heteroatoms. The number of benzene rings is 1. The van der Waals surface area contributed by atoms with Gasteiger partial charge in [-0.3, -0.25) is 14.8 Å². The second kappa shape index (κ2) is 7.98. The van der Waals surface area contributed by atoms with Crippen LogP contribution >= 0.6 is 0 Å². The fourth-order valence-electron chi connectivity index (χ4n) is 3.24.